The fraction of sp³-hybridized carbons (Fsp3) is 0.286. The molecule has 1 aromatic heterocycles. The number of carbonyl (C=O) groups is 1. The molecule has 0 radical (unpaired) electrons. The zero-order chi connectivity index (χ0) is 13.0. The van der Waals surface area contributed by atoms with Crippen LogP contribution in [0.25, 0.3) is 11.1 Å². The van der Waals surface area contributed by atoms with Crippen molar-refractivity contribution in [1.29, 1.82) is 0 Å². The van der Waals surface area contributed by atoms with Crippen molar-refractivity contribution in [3.05, 3.63) is 36.7 Å². The van der Waals surface area contributed by atoms with E-state index in [1.54, 1.807) is 4.68 Å². The van der Waals surface area contributed by atoms with Crippen LogP contribution in [0.4, 0.5) is 5.69 Å². The second-order valence-electron chi connectivity index (χ2n) is 4.28. The Hall–Kier alpha value is -2.10. The Morgan fingerprint density at radius 3 is 2.89 bits per heavy atom. The third kappa shape index (κ3) is 2.97. The average molecular weight is 243 g/mol. The highest BCUT2D eigenvalue weighted by Gasteiger charge is 2.04. The Balaban J connectivity index is 2.17. The van der Waals surface area contributed by atoms with E-state index < -0.39 is 0 Å². The lowest BCUT2D eigenvalue weighted by molar-refractivity contribution is -0.116. The van der Waals surface area contributed by atoms with Gasteiger partial charge >= 0.3 is 0 Å². The van der Waals surface area contributed by atoms with Gasteiger partial charge in [0, 0.05) is 30.9 Å². The molecule has 1 aromatic carbocycles. The SMILES string of the molecule is CCCC(=O)Nc1cccc(-c2cnn(C)c2)c1. The lowest BCUT2D eigenvalue weighted by atomic mass is 10.1. The number of rotatable bonds is 4. The Kier molecular flexibility index (Phi) is 3.77. The first-order valence-electron chi connectivity index (χ1n) is 6.08. The van der Waals surface area contributed by atoms with Crippen LogP contribution in [0.2, 0.25) is 0 Å². The number of anilines is 1. The van der Waals surface area contributed by atoms with Crippen LogP contribution in [0.3, 0.4) is 0 Å². The van der Waals surface area contributed by atoms with Crippen LogP contribution < -0.4 is 5.32 Å². The maximum atomic E-state index is 11.5. The van der Waals surface area contributed by atoms with Crippen molar-refractivity contribution in [2.75, 3.05) is 5.32 Å². The molecule has 0 atom stereocenters. The quantitative estimate of drug-likeness (QED) is 0.897. The Bertz CT molecular complexity index is 545. The van der Waals surface area contributed by atoms with Crippen LogP contribution >= 0.6 is 0 Å². The van der Waals surface area contributed by atoms with E-state index >= 15 is 0 Å². The second-order valence-corrected chi connectivity index (χ2v) is 4.28. The first kappa shape index (κ1) is 12.4. The standard InChI is InChI=1S/C14H17N3O/c1-3-5-14(18)16-13-7-4-6-11(8-13)12-9-15-17(2)10-12/h4,6-10H,3,5H2,1-2H3,(H,16,18). The number of nitrogens with zero attached hydrogens (tertiary/aromatic N) is 2. The largest absolute Gasteiger partial charge is 0.326 e. The molecule has 0 aliphatic rings. The Labute approximate surface area is 107 Å². The third-order valence-electron chi connectivity index (χ3n) is 2.66. The van der Waals surface area contributed by atoms with Gasteiger partial charge in [0.25, 0.3) is 0 Å². The topological polar surface area (TPSA) is 46.9 Å². The second kappa shape index (κ2) is 5.49. The molecule has 0 aliphatic carbocycles. The molecule has 0 spiro atoms. The van der Waals surface area contributed by atoms with Gasteiger partial charge in [-0.3, -0.25) is 9.48 Å². The number of hydrogen-bond donors (Lipinski definition) is 1. The summed E-state index contributed by atoms with van der Waals surface area (Å²) in [5.74, 6) is 0.0563. The van der Waals surface area contributed by atoms with Crippen molar-refractivity contribution in [1.82, 2.24) is 9.78 Å². The predicted octanol–water partition coefficient (Wildman–Crippen LogP) is 2.83. The molecule has 0 fully saturated rings. The summed E-state index contributed by atoms with van der Waals surface area (Å²) in [5, 5.41) is 7.04. The predicted molar refractivity (Wildman–Crippen MR) is 72.2 cm³/mol. The molecule has 0 unspecified atom stereocenters. The molecule has 2 aromatic rings. The zero-order valence-corrected chi connectivity index (χ0v) is 10.7. The van der Waals surface area contributed by atoms with E-state index in [0.29, 0.717) is 6.42 Å². The fourth-order valence-corrected chi connectivity index (χ4v) is 1.80. The minimum atomic E-state index is 0.0563. The summed E-state index contributed by atoms with van der Waals surface area (Å²) < 4.78 is 1.76. The molecular formula is C14H17N3O. The monoisotopic (exact) mass is 243 g/mol. The van der Waals surface area contributed by atoms with Gasteiger partial charge in [-0.25, -0.2) is 0 Å². The highest BCUT2D eigenvalue weighted by molar-refractivity contribution is 5.91. The fourth-order valence-electron chi connectivity index (χ4n) is 1.80. The van der Waals surface area contributed by atoms with Crippen LogP contribution in [0.5, 0.6) is 0 Å². The van der Waals surface area contributed by atoms with Crippen LogP contribution in [-0.2, 0) is 11.8 Å². The van der Waals surface area contributed by atoms with Crippen molar-refractivity contribution < 1.29 is 4.79 Å². The first-order valence-corrected chi connectivity index (χ1v) is 6.08. The van der Waals surface area contributed by atoms with E-state index in [2.05, 4.69) is 10.4 Å². The molecule has 18 heavy (non-hydrogen) atoms. The summed E-state index contributed by atoms with van der Waals surface area (Å²) >= 11 is 0. The van der Waals surface area contributed by atoms with Crippen LogP contribution in [0, 0.1) is 0 Å². The number of amides is 1. The number of nitrogens with one attached hydrogen (secondary N) is 1. The average Bonchev–Trinajstić information content (AvgIpc) is 2.76. The van der Waals surface area contributed by atoms with Gasteiger partial charge in [0.05, 0.1) is 6.20 Å². The van der Waals surface area contributed by atoms with Gasteiger partial charge in [0.1, 0.15) is 0 Å². The summed E-state index contributed by atoms with van der Waals surface area (Å²) in [6.07, 6.45) is 5.17. The van der Waals surface area contributed by atoms with Crippen LogP contribution in [-0.4, -0.2) is 15.7 Å². The van der Waals surface area contributed by atoms with Crippen molar-refractivity contribution in [2.45, 2.75) is 19.8 Å². The molecule has 0 bridgehead atoms. The van der Waals surface area contributed by atoms with Gasteiger partial charge in [-0.15, -0.1) is 0 Å². The molecular weight excluding hydrogens is 226 g/mol. The van der Waals surface area contributed by atoms with Gasteiger partial charge in [-0.05, 0) is 24.1 Å². The van der Waals surface area contributed by atoms with Crippen molar-refractivity contribution in [3.63, 3.8) is 0 Å². The molecule has 94 valence electrons. The minimum absolute atomic E-state index is 0.0563. The first-order chi connectivity index (χ1) is 8.69. The van der Waals surface area contributed by atoms with E-state index in [1.165, 1.54) is 0 Å². The molecule has 0 saturated carbocycles. The Morgan fingerprint density at radius 1 is 1.39 bits per heavy atom. The molecule has 4 heteroatoms. The van der Waals surface area contributed by atoms with Gasteiger partial charge in [-0.2, -0.15) is 5.10 Å². The van der Waals surface area contributed by atoms with Crippen molar-refractivity contribution in [3.8, 4) is 11.1 Å². The van der Waals surface area contributed by atoms with E-state index in [4.69, 9.17) is 0 Å². The highest BCUT2D eigenvalue weighted by Crippen LogP contribution is 2.22. The van der Waals surface area contributed by atoms with Crippen molar-refractivity contribution >= 4 is 11.6 Å². The van der Waals surface area contributed by atoms with Gasteiger partial charge in [0.15, 0.2) is 0 Å². The third-order valence-corrected chi connectivity index (χ3v) is 2.66. The molecule has 2 rings (SSSR count). The number of aromatic nitrogens is 2. The summed E-state index contributed by atoms with van der Waals surface area (Å²) in [6, 6.07) is 7.80. The lowest BCUT2D eigenvalue weighted by Gasteiger charge is -2.05. The summed E-state index contributed by atoms with van der Waals surface area (Å²) in [7, 11) is 1.89. The number of hydrogen-bond acceptors (Lipinski definition) is 2. The summed E-state index contributed by atoms with van der Waals surface area (Å²) in [4.78, 5) is 11.5. The van der Waals surface area contributed by atoms with Crippen molar-refractivity contribution in [2.24, 2.45) is 7.05 Å². The molecule has 1 amide bonds. The molecule has 1 N–H and O–H groups in total. The van der Waals surface area contributed by atoms with E-state index in [1.807, 2.05) is 50.6 Å². The van der Waals surface area contributed by atoms with Gasteiger partial charge < -0.3 is 5.32 Å². The van der Waals surface area contributed by atoms with Crippen LogP contribution in [0.15, 0.2) is 36.7 Å². The lowest BCUT2D eigenvalue weighted by Crippen LogP contribution is -2.10. The maximum absolute atomic E-state index is 11.5. The Morgan fingerprint density at radius 2 is 2.22 bits per heavy atom. The summed E-state index contributed by atoms with van der Waals surface area (Å²) in [5.41, 5.74) is 2.93. The smallest absolute Gasteiger partial charge is 0.224 e. The van der Waals surface area contributed by atoms with Gasteiger partial charge in [-0.1, -0.05) is 19.1 Å². The number of aryl methyl sites for hydroxylation is 1. The molecule has 0 aliphatic heterocycles. The number of benzene rings is 1. The van der Waals surface area contributed by atoms with E-state index in [-0.39, 0.29) is 5.91 Å². The number of carbonyl (C=O) groups excluding carboxylic acids is 1. The van der Waals surface area contributed by atoms with E-state index in [0.717, 1.165) is 23.2 Å². The summed E-state index contributed by atoms with van der Waals surface area (Å²) in [6.45, 7) is 1.99. The zero-order valence-electron chi connectivity index (χ0n) is 10.7. The highest BCUT2D eigenvalue weighted by atomic mass is 16.1. The minimum Gasteiger partial charge on any atom is -0.326 e. The normalized spacial score (nSPS) is 10.3. The van der Waals surface area contributed by atoms with E-state index in [9.17, 15) is 4.79 Å². The molecule has 1 heterocycles. The molecule has 0 saturated heterocycles. The molecule has 4 nitrogen and oxygen atoms in total. The van der Waals surface area contributed by atoms with Gasteiger partial charge in [0.2, 0.25) is 5.91 Å². The maximum Gasteiger partial charge on any atom is 0.224 e. The van der Waals surface area contributed by atoms with Crippen LogP contribution in [0.1, 0.15) is 19.8 Å².